The highest BCUT2D eigenvalue weighted by molar-refractivity contribution is 7.99. The maximum absolute atomic E-state index is 14.3. The first kappa shape index (κ1) is 51.9. The number of piperazine rings is 1. The summed E-state index contributed by atoms with van der Waals surface area (Å²) in [6.45, 7) is 4.16. The van der Waals surface area contributed by atoms with Gasteiger partial charge in [-0.2, -0.15) is 13.2 Å². The number of sulfone groups is 1. The molecular weight excluding hydrogens is 1020 g/mol. The number of aromatic carboxylic acids is 1. The Labute approximate surface area is 425 Å². The van der Waals surface area contributed by atoms with Crippen LogP contribution in [-0.2, 0) is 26.9 Å². The second-order valence-corrected chi connectivity index (χ2v) is 22.9. The van der Waals surface area contributed by atoms with Gasteiger partial charge in [0.1, 0.15) is 15.7 Å². The lowest BCUT2D eigenvalue weighted by atomic mass is 9.96. The van der Waals surface area contributed by atoms with Gasteiger partial charge in [0.15, 0.2) is 0 Å². The summed E-state index contributed by atoms with van der Waals surface area (Å²) in [5.41, 5.74) is -1.87. The number of piperidine rings is 1. The summed E-state index contributed by atoms with van der Waals surface area (Å²) in [5.74, 6) is -0.765. The Morgan fingerprint density at radius 1 is 0.775 bits per heavy atom. The van der Waals surface area contributed by atoms with Crippen molar-refractivity contribution in [2.24, 2.45) is 7.05 Å². The van der Waals surface area contributed by atoms with Gasteiger partial charge in [0.05, 0.1) is 16.7 Å². The zero-order chi connectivity index (χ0) is 50.7. The first-order valence-electron chi connectivity index (χ1n) is 22.7. The van der Waals surface area contributed by atoms with Crippen molar-refractivity contribution in [1.82, 2.24) is 9.47 Å². The van der Waals surface area contributed by atoms with Crippen molar-refractivity contribution < 1.29 is 45.0 Å². The average molecular weight is 1070 g/mol. The number of benzene rings is 5. The molecule has 0 bridgehead atoms. The van der Waals surface area contributed by atoms with Gasteiger partial charge >= 0.3 is 11.5 Å². The number of hydrogen-bond donors (Lipinski definition) is 4. The first-order valence-corrected chi connectivity index (χ1v) is 27.4. The van der Waals surface area contributed by atoms with E-state index >= 15 is 0 Å². The van der Waals surface area contributed by atoms with Crippen molar-refractivity contribution in [3.8, 4) is 22.3 Å². The third-order valence-corrected chi connectivity index (χ3v) is 17.5. The van der Waals surface area contributed by atoms with E-state index in [1.54, 1.807) is 43.4 Å². The highest BCUT2D eigenvalue weighted by Gasteiger charge is 2.48. The van der Waals surface area contributed by atoms with Gasteiger partial charge in [-0.3, -0.25) is 4.72 Å². The summed E-state index contributed by atoms with van der Waals surface area (Å²) in [7, 11) is -9.02. The Morgan fingerprint density at radius 3 is 2.06 bits per heavy atom. The van der Waals surface area contributed by atoms with Gasteiger partial charge in [0, 0.05) is 103 Å². The molecule has 0 aliphatic carbocycles. The van der Waals surface area contributed by atoms with Crippen molar-refractivity contribution in [3.05, 3.63) is 137 Å². The summed E-state index contributed by atoms with van der Waals surface area (Å²) in [6.07, 6.45) is 1.22. The summed E-state index contributed by atoms with van der Waals surface area (Å²) >= 11 is 14.4. The summed E-state index contributed by atoms with van der Waals surface area (Å²) in [5, 5.41) is 24.1. The Morgan fingerprint density at radius 2 is 1.42 bits per heavy atom. The quantitative estimate of drug-likeness (QED) is 0.0640. The topological polar surface area (TPSA) is 165 Å². The maximum atomic E-state index is 14.3. The fraction of sp³-hybridized carbons (Fsp3) is 0.300. The van der Waals surface area contributed by atoms with E-state index in [-0.39, 0.29) is 22.2 Å². The minimum atomic E-state index is -6.03. The third-order valence-electron chi connectivity index (χ3n) is 12.7. The molecule has 376 valence electrons. The van der Waals surface area contributed by atoms with E-state index in [2.05, 4.69) is 24.7 Å². The maximum Gasteiger partial charge on any atom is 0.501 e. The van der Waals surface area contributed by atoms with E-state index in [1.165, 1.54) is 28.5 Å². The van der Waals surface area contributed by atoms with E-state index in [9.17, 15) is 45.0 Å². The minimum absolute atomic E-state index is 0.0400. The van der Waals surface area contributed by atoms with Crippen LogP contribution in [0.3, 0.4) is 0 Å². The molecule has 2 fully saturated rings. The van der Waals surface area contributed by atoms with Crippen LogP contribution in [0.2, 0.25) is 10.2 Å². The Kier molecular flexibility index (Phi) is 15.9. The Hall–Kier alpha value is -5.41. The fourth-order valence-corrected chi connectivity index (χ4v) is 12.4. The zero-order valence-corrected chi connectivity index (χ0v) is 42.3. The zero-order valence-electron chi connectivity index (χ0n) is 38.3. The van der Waals surface area contributed by atoms with Gasteiger partial charge in [0.25, 0.3) is 19.9 Å². The number of likely N-dealkylation sites (tertiary alicyclic amines) is 1. The van der Waals surface area contributed by atoms with Crippen LogP contribution in [0.25, 0.3) is 22.3 Å². The number of carbonyl (C=O) groups is 1. The molecule has 6 aromatic rings. The first-order chi connectivity index (χ1) is 33.8. The number of anilines is 4. The molecule has 5 aromatic carbocycles. The van der Waals surface area contributed by atoms with Crippen molar-refractivity contribution in [2.45, 2.75) is 51.6 Å². The Balaban J connectivity index is 0.960. The second kappa shape index (κ2) is 21.7. The van der Waals surface area contributed by atoms with Crippen molar-refractivity contribution in [3.63, 3.8) is 0 Å². The highest BCUT2D eigenvalue weighted by Crippen LogP contribution is 2.44. The molecule has 2 aliphatic heterocycles. The molecule has 2 saturated heterocycles. The van der Waals surface area contributed by atoms with Crippen LogP contribution in [0.1, 0.15) is 29.8 Å². The number of nitrogens with zero attached hydrogens (tertiary/aromatic N) is 4. The van der Waals surface area contributed by atoms with Crippen LogP contribution in [0.15, 0.2) is 136 Å². The minimum Gasteiger partial charge on any atom is -0.477 e. The van der Waals surface area contributed by atoms with Crippen LogP contribution in [0.5, 0.6) is 0 Å². The third kappa shape index (κ3) is 11.9. The number of hydrogen-bond acceptors (Lipinski definition) is 11. The summed E-state index contributed by atoms with van der Waals surface area (Å²) < 4.78 is 100. The van der Waals surface area contributed by atoms with Gasteiger partial charge in [-0.1, -0.05) is 65.7 Å². The van der Waals surface area contributed by atoms with E-state index in [1.807, 2.05) is 54.6 Å². The predicted octanol–water partition coefficient (Wildman–Crippen LogP) is 10.2. The number of nitrogens with one attached hydrogen (secondary N) is 2. The summed E-state index contributed by atoms with van der Waals surface area (Å²) in [6, 6.07) is 32.6. The number of aliphatic hydroxyl groups excluding tert-OH is 1. The normalized spacial score (nSPS) is 15.7. The molecule has 0 unspecified atom stereocenters. The lowest BCUT2D eigenvalue weighted by Gasteiger charge is -2.37. The lowest BCUT2D eigenvalue weighted by molar-refractivity contribution is -0.0436. The van der Waals surface area contributed by atoms with Gasteiger partial charge in [0.2, 0.25) is 0 Å². The fourth-order valence-electron chi connectivity index (χ4n) is 8.85. The van der Waals surface area contributed by atoms with E-state index < -0.39 is 53.3 Å². The average Bonchev–Trinajstić information content (AvgIpc) is 3.62. The van der Waals surface area contributed by atoms with Crippen LogP contribution in [0, 0.1) is 0 Å². The molecular formula is C50H51Cl2F3N6O7S3. The van der Waals surface area contributed by atoms with Gasteiger partial charge in [-0.25, -0.2) is 21.6 Å². The van der Waals surface area contributed by atoms with Crippen LogP contribution >= 0.6 is 35.0 Å². The number of sulfonamides is 1. The standard InChI is InChI=1S/C50H51Cl2F3N6O7S3/c1-58-47(49(63)64)45(46(48(58)52)33-10-12-35(51)13-11-33)34-6-5-7-39(30-34)61-28-26-60(27-29-61)38-16-14-36(15-17-38)57-71(67,68)42-18-19-43(44(31-42)70(65,66)50(53,54)55)56-37(32-69-41-8-3-2-4-9-41)20-23-59-24-21-40(62)22-25-59/h2-19,30-31,37,40,56-57,62H,20-29,32H2,1H3,(H,63,64)/t37-/m1/s1. The molecule has 4 N–H and O–H groups in total. The molecule has 0 radical (unpaired) electrons. The van der Waals surface area contributed by atoms with E-state index in [4.69, 9.17) is 23.2 Å². The molecule has 2 aliphatic rings. The number of thioether (sulfide) groups is 1. The molecule has 13 nitrogen and oxygen atoms in total. The molecule has 0 saturated carbocycles. The molecule has 1 atom stereocenters. The number of rotatable bonds is 17. The highest BCUT2D eigenvalue weighted by atomic mass is 35.5. The van der Waals surface area contributed by atoms with Crippen molar-refractivity contribution in [1.29, 1.82) is 0 Å². The largest absolute Gasteiger partial charge is 0.501 e. The lowest BCUT2D eigenvalue weighted by Crippen LogP contribution is -2.46. The van der Waals surface area contributed by atoms with Gasteiger partial charge in [-0.05, 0) is 109 Å². The van der Waals surface area contributed by atoms with Crippen molar-refractivity contribution in [2.75, 3.05) is 71.4 Å². The van der Waals surface area contributed by atoms with Crippen LogP contribution in [-0.4, -0.2) is 112 Å². The van der Waals surface area contributed by atoms with Gasteiger partial charge in [-0.15, -0.1) is 11.8 Å². The molecule has 0 spiro atoms. The number of alkyl halides is 3. The molecule has 1 aromatic heterocycles. The molecule has 71 heavy (non-hydrogen) atoms. The number of halogens is 5. The molecule has 3 heterocycles. The second-order valence-electron chi connectivity index (χ2n) is 17.4. The Bertz CT molecular complexity index is 3080. The predicted molar refractivity (Wildman–Crippen MR) is 275 cm³/mol. The van der Waals surface area contributed by atoms with Crippen LogP contribution < -0.4 is 19.8 Å². The molecule has 0 amide bonds. The smallest absolute Gasteiger partial charge is 0.477 e. The van der Waals surface area contributed by atoms with Crippen molar-refractivity contribution >= 4 is 83.5 Å². The van der Waals surface area contributed by atoms with E-state index in [0.717, 1.165) is 28.4 Å². The summed E-state index contributed by atoms with van der Waals surface area (Å²) in [4.78, 5) is 18.0. The SMILES string of the molecule is Cn1c(Cl)c(-c2ccc(Cl)cc2)c(-c2cccc(N3CCN(c4ccc(NS(=O)(=O)c5ccc(N[C@H](CCN6CCC(O)CC6)CSc6ccccc6)c(S(=O)(=O)C(F)(F)F)c5)cc4)CC3)c2)c1C(=O)O. The van der Waals surface area contributed by atoms with E-state index in [0.29, 0.717) is 104 Å². The number of aromatic nitrogens is 1. The molecule has 8 rings (SSSR count). The van der Waals surface area contributed by atoms with Crippen LogP contribution in [0.4, 0.5) is 35.9 Å². The number of carboxylic acid groups (broad SMARTS) is 1. The number of carboxylic acids is 1. The number of aliphatic hydroxyl groups is 1. The van der Waals surface area contributed by atoms with Gasteiger partial charge < -0.3 is 34.8 Å². The monoisotopic (exact) mass is 1070 g/mol. The molecule has 21 heteroatoms.